The van der Waals surface area contributed by atoms with Gasteiger partial charge in [0.2, 0.25) is 0 Å². The number of nitrogens with one attached hydrogen (secondary N) is 1. The maximum atomic E-state index is 13.3. The van der Waals surface area contributed by atoms with E-state index in [4.69, 9.17) is 0 Å². The molecule has 2 aromatic carbocycles. The fourth-order valence-electron chi connectivity index (χ4n) is 2.93. The summed E-state index contributed by atoms with van der Waals surface area (Å²) in [5.41, 5.74) is 0.646. The van der Waals surface area contributed by atoms with Crippen LogP contribution in [0, 0.1) is 11.6 Å². The lowest BCUT2D eigenvalue weighted by Crippen LogP contribution is -2.50. The molecule has 1 saturated heterocycles. The zero-order valence-corrected chi connectivity index (χ0v) is 15.4. The topological polar surface area (TPSA) is 92.8 Å². The number of benzene rings is 2. The summed E-state index contributed by atoms with van der Waals surface area (Å²) in [6, 6.07) is 8.61. The summed E-state index contributed by atoms with van der Waals surface area (Å²) in [7, 11) is 0. The summed E-state index contributed by atoms with van der Waals surface area (Å²) >= 11 is -2.45. The van der Waals surface area contributed by atoms with E-state index in [1.165, 1.54) is 29.2 Å². The third-order valence-corrected chi connectivity index (χ3v) is 4.70. The highest BCUT2D eigenvalue weighted by molar-refractivity contribution is 7.80. The molecule has 1 aliphatic heterocycles. The SMILES string of the molecule is O=C(c1ccc(NS(=O)[O-])cc1)N1CCN(C(=O)c2cc(F)cc(F)c2)CC1. The molecule has 0 bridgehead atoms. The van der Waals surface area contributed by atoms with Crippen molar-refractivity contribution in [3.63, 3.8) is 0 Å². The Morgan fingerprint density at radius 3 is 1.79 bits per heavy atom. The first-order valence-corrected chi connectivity index (χ1v) is 9.41. The Hall–Kier alpha value is -2.85. The summed E-state index contributed by atoms with van der Waals surface area (Å²) in [4.78, 5) is 28.0. The smallest absolute Gasteiger partial charge is 0.254 e. The van der Waals surface area contributed by atoms with Crippen LogP contribution in [-0.4, -0.2) is 56.6 Å². The molecule has 1 fully saturated rings. The van der Waals surface area contributed by atoms with E-state index in [1.807, 2.05) is 0 Å². The van der Waals surface area contributed by atoms with Crippen molar-refractivity contribution in [1.29, 1.82) is 0 Å². The molecule has 28 heavy (non-hydrogen) atoms. The van der Waals surface area contributed by atoms with E-state index < -0.39 is 28.8 Å². The molecule has 2 amide bonds. The number of hydrogen-bond donors (Lipinski definition) is 1. The second-order valence-electron chi connectivity index (χ2n) is 6.16. The first-order valence-electron chi connectivity index (χ1n) is 8.34. The number of rotatable bonds is 4. The molecule has 0 aliphatic carbocycles. The van der Waals surface area contributed by atoms with Gasteiger partial charge in [-0.25, -0.2) is 8.78 Å². The van der Waals surface area contributed by atoms with Crippen LogP contribution in [0.1, 0.15) is 20.7 Å². The fourth-order valence-corrected chi connectivity index (χ4v) is 3.26. The molecule has 7 nitrogen and oxygen atoms in total. The van der Waals surface area contributed by atoms with E-state index in [1.54, 1.807) is 4.90 Å². The maximum Gasteiger partial charge on any atom is 0.254 e. The summed E-state index contributed by atoms with van der Waals surface area (Å²) in [6.45, 7) is 1.01. The van der Waals surface area contributed by atoms with E-state index in [-0.39, 0.29) is 37.6 Å². The standard InChI is InChI=1S/C18H17F2N3O4S/c19-14-9-13(10-15(20)11-14)18(25)23-7-5-22(6-8-23)17(24)12-1-3-16(4-2-12)21-28(26)27/h1-4,9-11,21H,5-8H2,(H,26,27)/p-1. The van der Waals surface area contributed by atoms with Gasteiger partial charge in [0, 0.05) is 60.3 Å². The van der Waals surface area contributed by atoms with Crippen molar-refractivity contribution in [2.45, 2.75) is 0 Å². The monoisotopic (exact) mass is 408 g/mol. The Bertz CT molecular complexity index is 895. The highest BCUT2D eigenvalue weighted by Gasteiger charge is 2.26. The Morgan fingerprint density at radius 2 is 1.32 bits per heavy atom. The quantitative estimate of drug-likeness (QED) is 0.781. The van der Waals surface area contributed by atoms with Gasteiger partial charge < -0.3 is 19.1 Å². The molecular formula is C18H16F2N3O4S-. The first-order chi connectivity index (χ1) is 13.3. The normalized spacial score (nSPS) is 15.2. The summed E-state index contributed by atoms with van der Waals surface area (Å²) in [5, 5.41) is 0. The molecule has 10 heteroatoms. The number of piperazine rings is 1. The number of halogens is 2. The van der Waals surface area contributed by atoms with Crippen LogP contribution in [0.4, 0.5) is 14.5 Å². The van der Waals surface area contributed by atoms with Gasteiger partial charge in [-0.3, -0.25) is 13.8 Å². The molecular weight excluding hydrogens is 392 g/mol. The lowest BCUT2D eigenvalue weighted by Gasteiger charge is -2.35. The van der Waals surface area contributed by atoms with Crippen LogP contribution in [0.3, 0.4) is 0 Å². The van der Waals surface area contributed by atoms with Crippen molar-refractivity contribution in [3.05, 3.63) is 65.2 Å². The Labute approximate surface area is 162 Å². The van der Waals surface area contributed by atoms with Gasteiger partial charge in [0.05, 0.1) is 0 Å². The third kappa shape index (κ3) is 4.70. The highest BCUT2D eigenvalue weighted by Crippen LogP contribution is 2.16. The van der Waals surface area contributed by atoms with Gasteiger partial charge in [-0.15, -0.1) is 0 Å². The van der Waals surface area contributed by atoms with Gasteiger partial charge in [0.15, 0.2) is 0 Å². The third-order valence-electron chi connectivity index (χ3n) is 4.30. The molecule has 1 heterocycles. The van der Waals surface area contributed by atoms with E-state index in [2.05, 4.69) is 4.72 Å². The van der Waals surface area contributed by atoms with Crippen molar-refractivity contribution in [2.24, 2.45) is 0 Å². The number of carbonyl (C=O) groups excluding carboxylic acids is 2. The van der Waals surface area contributed by atoms with Gasteiger partial charge in [0.1, 0.15) is 11.6 Å². The molecule has 0 aromatic heterocycles. The first kappa shape index (κ1) is 19.9. The van der Waals surface area contributed by atoms with Gasteiger partial charge in [-0.1, -0.05) is 0 Å². The van der Waals surface area contributed by atoms with Crippen LogP contribution in [0.25, 0.3) is 0 Å². The number of anilines is 1. The minimum Gasteiger partial charge on any atom is -0.755 e. The highest BCUT2D eigenvalue weighted by atomic mass is 32.2. The van der Waals surface area contributed by atoms with Crippen LogP contribution in [0.2, 0.25) is 0 Å². The van der Waals surface area contributed by atoms with Gasteiger partial charge >= 0.3 is 0 Å². The predicted molar refractivity (Wildman–Crippen MR) is 97.1 cm³/mol. The average molecular weight is 408 g/mol. The number of amides is 2. The second-order valence-corrected chi connectivity index (χ2v) is 6.83. The van der Waals surface area contributed by atoms with Crippen molar-refractivity contribution in [3.8, 4) is 0 Å². The predicted octanol–water partition coefficient (Wildman–Crippen LogP) is 1.77. The van der Waals surface area contributed by atoms with Crippen LogP contribution in [0.5, 0.6) is 0 Å². The van der Waals surface area contributed by atoms with Gasteiger partial charge in [0.25, 0.3) is 11.8 Å². The lowest BCUT2D eigenvalue weighted by molar-refractivity contribution is 0.0535. The minimum absolute atomic E-state index is 0.0730. The summed E-state index contributed by atoms with van der Waals surface area (Å²) in [6.07, 6.45) is 0. The molecule has 3 rings (SSSR count). The molecule has 1 unspecified atom stereocenters. The largest absolute Gasteiger partial charge is 0.755 e. The van der Waals surface area contributed by atoms with Gasteiger partial charge in [-0.05, 0) is 36.4 Å². The average Bonchev–Trinajstić information content (AvgIpc) is 2.66. The fraction of sp³-hybridized carbons (Fsp3) is 0.222. The van der Waals surface area contributed by atoms with Crippen LogP contribution in [-0.2, 0) is 11.3 Å². The Balaban J connectivity index is 1.60. The number of carbonyl (C=O) groups is 2. The van der Waals surface area contributed by atoms with Crippen molar-refractivity contribution in [1.82, 2.24) is 9.80 Å². The second kappa shape index (κ2) is 8.44. The molecule has 1 aliphatic rings. The van der Waals surface area contributed by atoms with Crippen molar-refractivity contribution in [2.75, 3.05) is 30.9 Å². The molecule has 1 N–H and O–H groups in total. The Morgan fingerprint density at radius 1 is 0.857 bits per heavy atom. The van der Waals surface area contributed by atoms with E-state index in [9.17, 15) is 27.1 Å². The molecule has 1 atom stereocenters. The van der Waals surface area contributed by atoms with Crippen molar-refractivity contribution < 1.29 is 27.1 Å². The van der Waals surface area contributed by atoms with Gasteiger partial charge in [-0.2, -0.15) is 0 Å². The van der Waals surface area contributed by atoms with Crippen LogP contribution < -0.4 is 4.72 Å². The zero-order chi connectivity index (χ0) is 20.3. The molecule has 0 spiro atoms. The Kier molecular flexibility index (Phi) is 6.00. The van der Waals surface area contributed by atoms with E-state index in [0.29, 0.717) is 17.3 Å². The molecule has 2 aromatic rings. The van der Waals surface area contributed by atoms with E-state index >= 15 is 0 Å². The van der Waals surface area contributed by atoms with Crippen LogP contribution >= 0.6 is 0 Å². The molecule has 0 saturated carbocycles. The summed E-state index contributed by atoms with van der Waals surface area (Å²) in [5.74, 6) is -2.39. The lowest BCUT2D eigenvalue weighted by atomic mass is 10.1. The summed E-state index contributed by atoms with van der Waals surface area (Å²) < 4.78 is 50.0. The minimum atomic E-state index is -2.45. The van der Waals surface area contributed by atoms with Crippen LogP contribution in [0.15, 0.2) is 42.5 Å². The van der Waals surface area contributed by atoms with E-state index in [0.717, 1.165) is 12.1 Å². The number of hydrogen-bond acceptors (Lipinski definition) is 4. The zero-order valence-electron chi connectivity index (χ0n) is 14.6. The number of nitrogens with zero attached hydrogens (tertiary/aromatic N) is 2. The molecule has 0 radical (unpaired) electrons. The molecule has 148 valence electrons. The maximum absolute atomic E-state index is 13.3. The van der Waals surface area contributed by atoms with Crippen molar-refractivity contribution >= 4 is 28.8 Å².